The van der Waals surface area contributed by atoms with Gasteiger partial charge < -0.3 is 4.57 Å². The van der Waals surface area contributed by atoms with Crippen molar-refractivity contribution in [1.29, 1.82) is 0 Å². The van der Waals surface area contributed by atoms with E-state index in [0.717, 1.165) is 11.0 Å². The first-order chi connectivity index (χ1) is 12.0. The summed E-state index contributed by atoms with van der Waals surface area (Å²) in [6, 6.07) is 13.6. The number of rotatable bonds is 4. The fraction of sp³-hybridized carbons (Fsp3) is 0.167. The number of nitrogens with one attached hydrogen (secondary N) is 2. The Balaban J connectivity index is 1.56. The molecule has 3 aromatic rings. The number of benzene rings is 2. The number of halogens is 1. The molecule has 0 aliphatic rings. The van der Waals surface area contributed by atoms with Gasteiger partial charge in [-0.2, -0.15) is 0 Å². The number of para-hydroxylation sites is 2. The minimum absolute atomic E-state index is 0.0190. The summed E-state index contributed by atoms with van der Waals surface area (Å²) in [5.41, 5.74) is 6.61. The monoisotopic (exact) mass is 340 g/mol. The average molecular weight is 340 g/mol. The number of hydrogen-bond acceptors (Lipinski definition) is 3. The average Bonchev–Trinajstić information content (AvgIpc) is 2.91. The van der Waals surface area contributed by atoms with E-state index in [1.54, 1.807) is 12.1 Å². The Morgan fingerprint density at radius 3 is 2.36 bits per heavy atom. The second-order valence-corrected chi connectivity index (χ2v) is 5.62. The predicted octanol–water partition coefficient (Wildman–Crippen LogP) is 1.65. The smallest absolute Gasteiger partial charge is 0.245 e. The summed E-state index contributed by atoms with van der Waals surface area (Å²) in [6.45, 7) is 0. The number of aromatic nitrogens is 2. The van der Waals surface area contributed by atoms with E-state index < -0.39 is 17.6 Å². The molecule has 6 nitrogen and oxygen atoms in total. The van der Waals surface area contributed by atoms with Crippen LogP contribution in [0.3, 0.4) is 0 Å². The molecule has 2 aromatic carbocycles. The first kappa shape index (κ1) is 16.6. The fourth-order valence-electron chi connectivity index (χ4n) is 2.54. The number of hydrazine groups is 1. The molecule has 1 heterocycles. The van der Waals surface area contributed by atoms with Gasteiger partial charge in [-0.25, -0.2) is 9.37 Å². The number of carbonyl (C=O) groups excluding carboxylic acids is 2. The summed E-state index contributed by atoms with van der Waals surface area (Å²) in [4.78, 5) is 28.2. The third-order valence-corrected chi connectivity index (χ3v) is 3.85. The van der Waals surface area contributed by atoms with Crippen LogP contribution >= 0.6 is 0 Å². The van der Waals surface area contributed by atoms with Crippen LogP contribution in [0, 0.1) is 5.82 Å². The van der Waals surface area contributed by atoms with Crippen LogP contribution in [0.25, 0.3) is 11.0 Å². The van der Waals surface area contributed by atoms with Gasteiger partial charge in [-0.05, 0) is 23.8 Å². The molecule has 0 radical (unpaired) electrons. The lowest BCUT2D eigenvalue weighted by molar-refractivity contribution is -0.128. The van der Waals surface area contributed by atoms with Crippen LogP contribution in [-0.4, -0.2) is 21.4 Å². The van der Waals surface area contributed by atoms with Crippen molar-refractivity contribution in [2.45, 2.75) is 12.8 Å². The molecular weight excluding hydrogens is 323 g/mol. The van der Waals surface area contributed by atoms with Gasteiger partial charge in [0.1, 0.15) is 11.6 Å². The maximum Gasteiger partial charge on any atom is 0.245 e. The standard InChI is InChI=1S/C18H17FN4O2/c1-23-15-9-5-4-8-14(15)20-16(23)11-18(25)22-21-17(24)10-12-6-2-3-7-13(12)19/h2-9H,10-11H2,1H3,(H,21,24)(H,22,25). The number of nitrogens with zero attached hydrogens (tertiary/aromatic N) is 2. The second-order valence-electron chi connectivity index (χ2n) is 5.62. The summed E-state index contributed by atoms with van der Waals surface area (Å²) in [5.74, 6) is -0.769. The molecular formula is C18H17FN4O2. The molecule has 0 bridgehead atoms. The Kier molecular flexibility index (Phi) is 4.74. The fourth-order valence-corrected chi connectivity index (χ4v) is 2.54. The molecule has 0 saturated heterocycles. The zero-order valence-corrected chi connectivity index (χ0v) is 13.6. The summed E-state index contributed by atoms with van der Waals surface area (Å²) < 4.78 is 15.3. The number of carbonyl (C=O) groups is 2. The third kappa shape index (κ3) is 3.82. The summed E-state index contributed by atoms with van der Waals surface area (Å²) >= 11 is 0. The Labute approximate surface area is 143 Å². The minimum atomic E-state index is -0.497. The van der Waals surface area contributed by atoms with E-state index in [9.17, 15) is 14.0 Å². The van der Waals surface area contributed by atoms with Crippen LogP contribution in [0.1, 0.15) is 11.4 Å². The highest BCUT2D eigenvalue weighted by Crippen LogP contribution is 2.14. The zero-order chi connectivity index (χ0) is 17.8. The number of imidazole rings is 1. The van der Waals surface area contributed by atoms with Gasteiger partial charge in [0.25, 0.3) is 0 Å². The van der Waals surface area contributed by atoms with Crippen LogP contribution in [0.2, 0.25) is 0 Å². The van der Waals surface area contributed by atoms with E-state index in [1.165, 1.54) is 12.1 Å². The van der Waals surface area contributed by atoms with Crippen LogP contribution in [0.4, 0.5) is 4.39 Å². The van der Waals surface area contributed by atoms with Gasteiger partial charge in [0, 0.05) is 7.05 Å². The molecule has 128 valence electrons. The van der Waals surface area contributed by atoms with Crippen molar-refractivity contribution in [3.63, 3.8) is 0 Å². The van der Waals surface area contributed by atoms with Gasteiger partial charge in [0.15, 0.2) is 0 Å². The van der Waals surface area contributed by atoms with Crippen molar-refractivity contribution in [2.24, 2.45) is 7.05 Å². The van der Waals surface area contributed by atoms with Crippen LogP contribution < -0.4 is 10.9 Å². The second kappa shape index (κ2) is 7.12. The Bertz CT molecular complexity index is 936. The molecule has 0 unspecified atom stereocenters. The number of fused-ring (bicyclic) bond motifs is 1. The first-order valence-corrected chi connectivity index (χ1v) is 7.76. The normalized spacial score (nSPS) is 10.6. The molecule has 2 amide bonds. The molecule has 0 saturated carbocycles. The molecule has 3 rings (SSSR count). The lowest BCUT2D eigenvalue weighted by Crippen LogP contribution is -2.43. The Morgan fingerprint density at radius 1 is 1.00 bits per heavy atom. The lowest BCUT2D eigenvalue weighted by Gasteiger charge is -2.08. The van der Waals surface area contributed by atoms with Gasteiger partial charge in [-0.1, -0.05) is 30.3 Å². The summed E-state index contributed by atoms with van der Waals surface area (Å²) in [7, 11) is 1.83. The maximum atomic E-state index is 13.5. The quantitative estimate of drug-likeness (QED) is 0.709. The molecule has 7 heteroatoms. The highest BCUT2D eigenvalue weighted by molar-refractivity contribution is 5.85. The van der Waals surface area contributed by atoms with Crippen molar-refractivity contribution in [3.05, 3.63) is 65.7 Å². The predicted molar refractivity (Wildman–Crippen MR) is 90.8 cm³/mol. The molecule has 0 spiro atoms. The lowest BCUT2D eigenvalue weighted by atomic mass is 10.1. The van der Waals surface area contributed by atoms with Gasteiger partial charge in [-0.15, -0.1) is 0 Å². The maximum absolute atomic E-state index is 13.5. The summed E-state index contributed by atoms with van der Waals surface area (Å²) in [5, 5.41) is 0. The van der Waals surface area contributed by atoms with Crippen molar-refractivity contribution >= 4 is 22.8 Å². The third-order valence-electron chi connectivity index (χ3n) is 3.85. The van der Waals surface area contributed by atoms with E-state index in [4.69, 9.17) is 0 Å². The zero-order valence-electron chi connectivity index (χ0n) is 13.6. The largest absolute Gasteiger partial charge is 0.331 e. The van der Waals surface area contributed by atoms with E-state index >= 15 is 0 Å². The molecule has 2 N–H and O–H groups in total. The molecule has 1 aromatic heterocycles. The number of hydrogen-bond donors (Lipinski definition) is 2. The molecule has 0 aliphatic heterocycles. The van der Waals surface area contributed by atoms with Gasteiger partial charge >= 0.3 is 0 Å². The Hall–Kier alpha value is -3.22. The van der Waals surface area contributed by atoms with Crippen LogP contribution in [0.15, 0.2) is 48.5 Å². The number of aryl methyl sites for hydroxylation is 1. The van der Waals surface area contributed by atoms with Gasteiger partial charge in [0.2, 0.25) is 11.8 Å². The summed E-state index contributed by atoms with van der Waals surface area (Å²) in [6.07, 6.45) is -0.135. The van der Waals surface area contributed by atoms with Crippen molar-refractivity contribution < 1.29 is 14.0 Å². The Morgan fingerprint density at radius 2 is 1.64 bits per heavy atom. The SMILES string of the molecule is Cn1c(CC(=O)NNC(=O)Cc2ccccc2F)nc2ccccc21. The molecule has 25 heavy (non-hydrogen) atoms. The van der Waals surface area contributed by atoms with E-state index in [0.29, 0.717) is 5.82 Å². The molecule has 0 fully saturated rings. The minimum Gasteiger partial charge on any atom is -0.331 e. The van der Waals surface area contributed by atoms with E-state index in [1.807, 2.05) is 35.9 Å². The highest BCUT2D eigenvalue weighted by Gasteiger charge is 2.13. The van der Waals surface area contributed by atoms with Crippen LogP contribution in [0.5, 0.6) is 0 Å². The molecule has 0 aliphatic carbocycles. The van der Waals surface area contributed by atoms with Crippen molar-refractivity contribution in [2.75, 3.05) is 0 Å². The van der Waals surface area contributed by atoms with Gasteiger partial charge in [0.05, 0.1) is 23.9 Å². The highest BCUT2D eigenvalue weighted by atomic mass is 19.1. The van der Waals surface area contributed by atoms with Gasteiger partial charge in [-0.3, -0.25) is 20.4 Å². The van der Waals surface area contributed by atoms with E-state index in [-0.39, 0.29) is 18.4 Å². The topological polar surface area (TPSA) is 76.0 Å². The van der Waals surface area contributed by atoms with Crippen LogP contribution in [-0.2, 0) is 29.5 Å². The van der Waals surface area contributed by atoms with E-state index in [2.05, 4.69) is 15.8 Å². The first-order valence-electron chi connectivity index (χ1n) is 7.76. The van der Waals surface area contributed by atoms with Crippen molar-refractivity contribution in [1.82, 2.24) is 20.4 Å². The molecule has 0 atom stereocenters. The number of amides is 2. The van der Waals surface area contributed by atoms with Crippen molar-refractivity contribution in [3.8, 4) is 0 Å².